The van der Waals surface area contributed by atoms with E-state index in [1.165, 1.54) is 6.07 Å². The Bertz CT molecular complexity index is 568. The van der Waals surface area contributed by atoms with E-state index in [9.17, 15) is 4.39 Å². The summed E-state index contributed by atoms with van der Waals surface area (Å²) in [6.45, 7) is 2.40. The normalized spacial score (nSPS) is 12.2. The maximum Gasteiger partial charge on any atom is 0.129 e. The summed E-state index contributed by atoms with van der Waals surface area (Å²) in [5.41, 5.74) is 1.57. The lowest BCUT2D eigenvalue weighted by Gasteiger charge is -2.16. The van der Waals surface area contributed by atoms with Gasteiger partial charge in [-0.1, -0.05) is 29.8 Å². The van der Waals surface area contributed by atoms with Gasteiger partial charge in [0.05, 0.1) is 7.11 Å². The molecule has 20 heavy (non-hydrogen) atoms. The molecule has 0 aliphatic carbocycles. The minimum atomic E-state index is -0.289. The fraction of sp³-hybridized carbons (Fsp3) is 0.250. The van der Waals surface area contributed by atoms with E-state index < -0.39 is 0 Å². The van der Waals surface area contributed by atoms with Gasteiger partial charge in [0, 0.05) is 23.2 Å². The zero-order valence-electron chi connectivity index (χ0n) is 11.5. The molecule has 0 heterocycles. The molecule has 0 radical (unpaired) electrons. The molecule has 106 valence electrons. The van der Waals surface area contributed by atoms with Crippen molar-refractivity contribution in [3.8, 4) is 5.75 Å². The Morgan fingerprint density at radius 2 is 2.00 bits per heavy atom. The molecule has 0 saturated carbocycles. The van der Waals surface area contributed by atoms with Gasteiger partial charge in [0.15, 0.2) is 0 Å². The van der Waals surface area contributed by atoms with Gasteiger partial charge in [-0.05, 0) is 36.8 Å². The Hall–Kier alpha value is -1.58. The molecule has 0 bridgehead atoms. The third-order valence-corrected chi connectivity index (χ3v) is 3.59. The monoisotopic (exact) mass is 293 g/mol. The van der Waals surface area contributed by atoms with E-state index in [-0.39, 0.29) is 11.9 Å². The molecule has 0 fully saturated rings. The topological polar surface area (TPSA) is 21.3 Å². The van der Waals surface area contributed by atoms with Crippen molar-refractivity contribution in [2.75, 3.05) is 7.11 Å². The number of hydrogen-bond acceptors (Lipinski definition) is 2. The molecule has 0 spiro atoms. The first-order valence-electron chi connectivity index (χ1n) is 6.42. The molecule has 0 saturated heterocycles. The van der Waals surface area contributed by atoms with Crippen LogP contribution in [-0.4, -0.2) is 7.11 Å². The number of halogens is 2. The lowest BCUT2D eigenvalue weighted by atomic mass is 10.1. The molecule has 1 N–H and O–H groups in total. The van der Waals surface area contributed by atoms with Gasteiger partial charge in [0.2, 0.25) is 0 Å². The number of hydrogen-bond donors (Lipinski definition) is 1. The van der Waals surface area contributed by atoms with Crippen molar-refractivity contribution >= 4 is 11.6 Å². The summed E-state index contributed by atoms with van der Waals surface area (Å²) >= 11 is 6.01. The van der Waals surface area contributed by atoms with Gasteiger partial charge in [0.25, 0.3) is 0 Å². The largest absolute Gasteiger partial charge is 0.497 e. The van der Waals surface area contributed by atoms with Gasteiger partial charge in [-0.3, -0.25) is 0 Å². The lowest BCUT2D eigenvalue weighted by molar-refractivity contribution is 0.413. The summed E-state index contributed by atoms with van der Waals surface area (Å²) in [5.74, 6) is 0.517. The predicted octanol–water partition coefficient (Wildman–Crippen LogP) is 4.34. The Labute approximate surface area is 123 Å². The van der Waals surface area contributed by atoms with Crippen molar-refractivity contribution in [2.24, 2.45) is 0 Å². The van der Waals surface area contributed by atoms with E-state index >= 15 is 0 Å². The Kier molecular flexibility index (Phi) is 4.99. The second kappa shape index (κ2) is 6.73. The summed E-state index contributed by atoms with van der Waals surface area (Å²) in [7, 11) is 1.64. The highest BCUT2D eigenvalue weighted by molar-refractivity contribution is 6.31. The SMILES string of the molecule is COc1cccc(C(C)NCc2c(F)cccc2Cl)c1. The number of benzene rings is 2. The van der Waals surface area contributed by atoms with Crippen LogP contribution in [0.15, 0.2) is 42.5 Å². The smallest absolute Gasteiger partial charge is 0.129 e. The minimum Gasteiger partial charge on any atom is -0.497 e. The van der Waals surface area contributed by atoms with Crippen LogP contribution in [0.2, 0.25) is 5.02 Å². The van der Waals surface area contributed by atoms with Crippen LogP contribution >= 0.6 is 11.6 Å². The van der Waals surface area contributed by atoms with Crippen molar-refractivity contribution < 1.29 is 9.13 Å². The van der Waals surface area contributed by atoms with Crippen LogP contribution < -0.4 is 10.1 Å². The molecule has 1 unspecified atom stereocenters. The van der Waals surface area contributed by atoms with E-state index in [1.807, 2.05) is 31.2 Å². The highest BCUT2D eigenvalue weighted by atomic mass is 35.5. The predicted molar refractivity (Wildman–Crippen MR) is 79.7 cm³/mol. The zero-order valence-corrected chi connectivity index (χ0v) is 12.2. The second-order valence-corrected chi connectivity index (χ2v) is 4.99. The molecule has 4 heteroatoms. The van der Waals surface area contributed by atoms with Crippen LogP contribution in [0, 0.1) is 5.82 Å². The van der Waals surface area contributed by atoms with Crippen LogP contribution in [-0.2, 0) is 6.54 Å². The fourth-order valence-electron chi connectivity index (χ4n) is 1.99. The van der Waals surface area contributed by atoms with Gasteiger partial charge in [0.1, 0.15) is 11.6 Å². The van der Waals surface area contributed by atoms with Gasteiger partial charge < -0.3 is 10.1 Å². The van der Waals surface area contributed by atoms with E-state index in [4.69, 9.17) is 16.3 Å². The van der Waals surface area contributed by atoms with E-state index in [1.54, 1.807) is 19.2 Å². The van der Waals surface area contributed by atoms with Crippen molar-refractivity contribution in [3.05, 3.63) is 64.4 Å². The average molecular weight is 294 g/mol. The zero-order chi connectivity index (χ0) is 14.5. The quantitative estimate of drug-likeness (QED) is 0.885. The van der Waals surface area contributed by atoms with Gasteiger partial charge in [-0.15, -0.1) is 0 Å². The summed E-state index contributed by atoms with van der Waals surface area (Å²) in [4.78, 5) is 0. The Balaban J connectivity index is 2.06. The average Bonchev–Trinajstić information content (AvgIpc) is 2.46. The maximum absolute atomic E-state index is 13.7. The summed E-state index contributed by atoms with van der Waals surface area (Å²) in [6, 6.07) is 12.6. The van der Waals surface area contributed by atoms with E-state index in [2.05, 4.69) is 5.32 Å². The number of nitrogens with one attached hydrogen (secondary N) is 1. The molecular formula is C16H17ClFNO. The molecule has 2 rings (SSSR count). The fourth-order valence-corrected chi connectivity index (χ4v) is 2.21. The first-order chi connectivity index (χ1) is 9.61. The van der Waals surface area contributed by atoms with Crippen LogP contribution in [0.3, 0.4) is 0 Å². The Morgan fingerprint density at radius 1 is 1.25 bits per heavy atom. The van der Waals surface area contributed by atoms with Crippen LogP contribution in [0.5, 0.6) is 5.75 Å². The molecule has 2 nitrogen and oxygen atoms in total. The minimum absolute atomic E-state index is 0.0702. The standard InChI is InChI=1S/C16H17ClFNO/c1-11(12-5-3-6-13(9-12)20-2)19-10-14-15(17)7-4-8-16(14)18/h3-9,11,19H,10H2,1-2H3. The first-order valence-corrected chi connectivity index (χ1v) is 6.80. The highest BCUT2D eigenvalue weighted by Crippen LogP contribution is 2.22. The lowest BCUT2D eigenvalue weighted by Crippen LogP contribution is -2.19. The summed E-state index contributed by atoms with van der Waals surface area (Å²) in [5, 5.41) is 3.71. The maximum atomic E-state index is 13.7. The molecule has 0 aliphatic heterocycles. The summed E-state index contributed by atoms with van der Waals surface area (Å²) in [6.07, 6.45) is 0. The molecule has 2 aromatic carbocycles. The molecule has 2 aromatic rings. The number of ether oxygens (including phenoxy) is 1. The van der Waals surface area contributed by atoms with E-state index in [0.717, 1.165) is 11.3 Å². The van der Waals surface area contributed by atoms with Gasteiger partial charge >= 0.3 is 0 Å². The van der Waals surface area contributed by atoms with Gasteiger partial charge in [-0.2, -0.15) is 0 Å². The third kappa shape index (κ3) is 3.50. The van der Waals surface area contributed by atoms with E-state index in [0.29, 0.717) is 17.1 Å². The number of rotatable bonds is 5. The van der Waals surface area contributed by atoms with Crippen LogP contribution in [0.1, 0.15) is 24.1 Å². The van der Waals surface area contributed by atoms with Crippen LogP contribution in [0.25, 0.3) is 0 Å². The first kappa shape index (κ1) is 14.8. The number of methoxy groups -OCH3 is 1. The highest BCUT2D eigenvalue weighted by Gasteiger charge is 2.10. The molecule has 0 amide bonds. The third-order valence-electron chi connectivity index (χ3n) is 3.24. The molecule has 0 aromatic heterocycles. The molecule has 1 atom stereocenters. The molecular weight excluding hydrogens is 277 g/mol. The van der Waals surface area contributed by atoms with Crippen molar-refractivity contribution in [1.29, 1.82) is 0 Å². The van der Waals surface area contributed by atoms with Gasteiger partial charge in [-0.25, -0.2) is 4.39 Å². The Morgan fingerprint density at radius 3 is 2.70 bits per heavy atom. The van der Waals surface area contributed by atoms with Crippen LogP contribution in [0.4, 0.5) is 4.39 Å². The van der Waals surface area contributed by atoms with Crippen molar-refractivity contribution in [1.82, 2.24) is 5.32 Å². The molecule has 0 aliphatic rings. The summed E-state index contributed by atoms with van der Waals surface area (Å²) < 4.78 is 18.9. The van der Waals surface area contributed by atoms with Crippen molar-refractivity contribution in [2.45, 2.75) is 19.5 Å². The van der Waals surface area contributed by atoms with Crippen molar-refractivity contribution in [3.63, 3.8) is 0 Å². The second-order valence-electron chi connectivity index (χ2n) is 4.58.